The molecule has 1 N–H and O–H groups in total. The summed E-state index contributed by atoms with van der Waals surface area (Å²) < 4.78 is 2.03. The molecule has 0 saturated carbocycles. The van der Waals surface area contributed by atoms with Crippen LogP contribution in [0, 0.1) is 0 Å². The molecule has 0 aliphatic rings. The second-order valence-electron chi connectivity index (χ2n) is 4.99. The molecule has 0 aromatic carbocycles. The van der Waals surface area contributed by atoms with E-state index in [2.05, 4.69) is 43.1 Å². The van der Waals surface area contributed by atoms with Crippen molar-refractivity contribution in [1.29, 1.82) is 0 Å². The summed E-state index contributed by atoms with van der Waals surface area (Å²) in [6.07, 6.45) is 1.03. The van der Waals surface area contributed by atoms with Crippen molar-refractivity contribution in [3.8, 4) is 0 Å². The number of hydrogen-bond acceptors (Lipinski definition) is 5. The highest BCUT2D eigenvalue weighted by Gasteiger charge is 2.17. The summed E-state index contributed by atoms with van der Waals surface area (Å²) in [4.78, 5) is 13.3. The molecule has 0 fully saturated rings. The molecule has 0 aliphatic heterocycles. The van der Waals surface area contributed by atoms with Crippen LogP contribution in [0.3, 0.4) is 0 Å². The van der Waals surface area contributed by atoms with E-state index in [4.69, 9.17) is 5.11 Å². The van der Waals surface area contributed by atoms with Crippen LogP contribution in [0.25, 0.3) is 0 Å². The van der Waals surface area contributed by atoms with Crippen molar-refractivity contribution in [2.75, 3.05) is 5.75 Å². The highest BCUT2D eigenvalue weighted by atomic mass is 32.2. The van der Waals surface area contributed by atoms with Gasteiger partial charge in [-0.15, -0.1) is 21.5 Å². The number of aliphatic carboxylic acids is 1. The zero-order valence-electron chi connectivity index (χ0n) is 12.4. The van der Waals surface area contributed by atoms with E-state index in [1.54, 1.807) is 11.3 Å². The number of carboxylic acids is 1. The maximum Gasteiger partial charge on any atom is 0.313 e. The standard InChI is InChI=1S/C14H19N3O2S2/c1-4-10-5-6-11(21-10)7-17-13(9(2)3)15-16-14(17)20-8-12(18)19/h5-6,9H,4,7-8H2,1-3H3,(H,18,19). The van der Waals surface area contributed by atoms with Crippen LogP contribution in [-0.4, -0.2) is 31.6 Å². The second kappa shape index (κ2) is 7.09. The molecule has 2 aromatic rings. The highest BCUT2D eigenvalue weighted by Crippen LogP contribution is 2.25. The number of hydrogen-bond donors (Lipinski definition) is 1. The van der Waals surface area contributed by atoms with Crippen molar-refractivity contribution in [3.05, 3.63) is 27.7 Å². The predicted molar refractivity (Wildman–Crippen MR) is 85.3 cm³/mol. The minimum absolute atomic E-state index is 0.000872. The lowest BCUT2D eigenvalue weighted by Gasteiger charge is -2.10. The Balaban J connectivity index is 2.25. The lowest BCUT2D eigenvalue weighted by Crippen LogP contribution is -2.08. The maximum absolute atomic E-state index is 10.7. The SMILES string of the molecule is CCc1ccc(Cn2c(SCC(=O)O)nnc2C(C)C)s1. The first-order valence-corrected chi connectivity index (χ1v) is 8.66. The topological polar surface area (TPSA) is 68.0 Å². The molecule has 5 nitrogen and oxygen atoms in total. The van der Waals surface area contributed by atoms with E-state index in [1.165, 1.54) is 21.5 Å². The van der Waals surface area contributed by atoms with Gasteiger partial charge in [-0.1, -0.05) is 32.5 Å². The third kappa shape index (κ3) is 4.07. The number of rotatable bonds is 7. The molecule has 0 atom stereocenters. The highest BCUT2D eigenvalue weighted by molar-refractivity contribution is 7.99. The Kier molecular flexibility index (Phi) is 5.41. The number of carbonyl (C=O) groups is 1. The normalized spacial score (nSPS) is 11.2. The molecule has 0 radical (unpaired) electrons. The molecule has 114 valence electrons. The molecule has 0 bridgehead atoms. The second-order valence-corrected chi connectivity index (χ2v) is 7.18. The lowest BCUT2D eigenvalue weighted by atomic mass is 10.2. The molecular weight excluding hydrogens is 306 g/mol. The van der Waals surface area contributed by atoms with Gasteiger partial charge in [0.25, 0.3) is 0 Å². The van der Waals surface area contributed by atoms with E-state index >= 15 is 0 Å². The van der Waals surface area contributed by atoms with Gasteiger partial charge in [0.05, 0.1) is 12.3 Å². The van der Waals surface area contributed by atoms with Crippen molar-refractivity contribution in [1.82, 2.24) is 14.8 Å². The Morgan fingerprint density at radius 1 is 1.38 bits per heavy atom. The first kappa shape index (κ1) is 16.0. The van der Waals surface area contributed by atoms with Crippen molar-refractivity contribution in [2.24, 2.45) is 0 Å². The van der Waals surface area contributed by atoms with E-state index in [9.17, 15) is 4.79 Å². The Morgan fingerprint density at radius 3 is 2.67 bits per heavy atom. The van der Waals surface area contributed by atoms with Crippen LogP contribution in [-0.2, 0) is 17.8 Å². The van der Waals surface area contributed by atoms with Crippen LogP contribution in [0.5, 0.6) is 0 Å². The number of nitrogens with zero attached hydrogens (tertiary/aromatic N) is 3. The van der Waals surface area contributed by atoms with Gasteiger partial charge in [-0.2, -0.15) is 0 Å². The molecule has 21 heavy (non-hydrogen) atoms. The third-order valence-electron chi connectivity index (χ3n) is 2.97. The minimum Gasteiger partial charge on any atom is -0.481 e. The number of aryl methyl sites for hydroxylation is 1. The maximum atomic E-state index is 10.7. The molecule has 0 amide bonds. The third-order valence-corrected chi connectivity index (χ3v) is 5.13. The molecule has 0 aliphatic carbocycles. The molecule has 2 rings (SSSR count). The molecule has 0 saturated heterocycles. The molecule has 2 heterocycles. The van der Waals surface area contributed by atoms with Gasteiger partial charge < -0.3 is 9.67 Å². The van der Waals surface area contributed by atoms with Gasteiger partial charge in [0.15, 0.2) is 5.16 Å². The van der Waals surface area contributed by atoms with Crippen LogP contribution in [0.4, 0.5) is 0 Å². The Bertz CT molecular complexity index is 620. The number of aromatic nitrogens is 3. The number of thiophene rings is 1. The Hall–Kier alpha value is -1.34. The van der Waals surface area contributed by atoms with Crippen LogP contribution in [0.1, 0.15) is 42.3 Å². The molecule has 0 unspecified atom stereocenters. The summed E-state index contributed by atoms with van der Waals surface area (Å²) in [6.45, 7) is 6.98. The Labute approximate surface area is 132 Å². The molecule has 7 heteroatoms. The fourth-order valence-corrected chi connectivity index (χ4v) is 3.57. The quantitative estimate of drug-likeness (QED) is 0.791. The van der Waals surface area contributed by atoms with Crippen LogP contribution in [0.2, 0.25) is 0 Å². The van der Waals surface area contributed by atoms with Gasteiger partial charge in [0.2, 0.25) is 0 Å². The lowest BCUT2D eigenvalue weighted by molar-refractivity contribution is -0.133. The minimum atomic E-state index is -0.843. The van der Waals surface area contributed by atoms with E-state index < -0.39 is 5.97 Å². The summed E-state index contributed by atoms with van der Waals surface area (Å²) in [5.74, 6) is 0.308. The predicted octanol–water partition coefficient (Wildman–Crippen LogP) is 3.25. The molecule has 2 aromatic heterocycles. The van der Waals surface area contributed by atoms with E-state index in [-0.39, 0.29) is 11.7 Å². The Morgan fingerprint density at radius 2 is 2.10 bits per heavy atom. The smallest absolute Gasteiger partial charge is 0.313 e. The zero-order valence-corrected chi connectivity index (χ0v) is 14.0. The first-order chi connectivity index (χ1) is 10.0. The van der Waals surface area contributed by atoms with Gasteiger partial charge in [-0.25, -0.2) is 0 Å². The van der Waals surface area contributed by atoms with Gasteiger partial charge in [-0.05, 0) is 18.6 Å². The van der Waals surface area contributed by atoms with Crippen molar-refractivity contribution >= 4 is 29.1 Å². The van der Waals surface area contributed by atoms with Crippen LogP contribution >= 0.6 is 23.1 Å². The van der Waals surface area contributed by atoms with E-state index in [0.717, 1.165) is 12.2 Å². The summed E-state index contributed by atoms with van der Waals surface area (Å²) in [6, 6.07) is 4.27. The summed E-state index contributed by atoms with van der Waals surface area (Å²) in [5.41, 5.74) is 0. The first-order valence-electron chi connectivity index (χ1n) is 6.86. The fraction of sp³-hybridized carbons (Fsp3) is 0.500. The van der Waals surface area contributed by atoms with E-state index in [1.807, 2.05) is 4.57 Å². The van der Waals surface area contributed by atoms with Crippen molar-refractivity contribution < 1.29 is 9.90 Å². The van der Waals surface area contributed by atoms with Crippen molar-refractivity contribution in [2.45, 2.75) is 44.8 Å². The summed E-state index contributed by atoms with van der Waals surface area (Å²) in [7, 11) is 0. The van der Waals surface area contributed by atoms with Crippen molar-refractivity contribution in [3.63, 3.8) is 0 Å². The van der Waals surface area contributed by atoms with Gasteiger partial charge in [-0.3, -0.25) is 4.79 Å². The fourth-order valence-electron chi connectivity index (χ4n) is 1.96. The van der Waals surface area contributed by atoms with Gasteiger partial charge in [0.1, 0.15) is 5.82 Å². The van der Waals surface area contributed by atoms with Crippen LogP contribution < -0.4 is 0 Å². The summed E-state index contributed by atoms with van der Waals surface area (Å²) in [5, 5.41) is 17.9. The number of carboxylic acid groups (broad SMARTS) is 1. The number of thioether (sulfide) groups is 1. The van der Waals surface area contributed by atoms with Crippen LogP contribution in [0.15, 0.2) is 17.3 Å². The monoisotopic (exact) mass is 325 g/mol. The average molecular weight is 325 g/mol. The molecule has 0 spiro atoms. The summed E-state index contributed by atoms with van der Waals surface area (Å²) >= 11 is 3.00. The molecular formula is C14H19N3O2S2. The zero-order chi connectivity index (χ0) is 15.4. The average Bonchev–Trinajstić information content (AvgIpc) is 3.03. The van der Waals surface area contributed by atoms with Gasteiger partial charge >= 0.3 is 5.97 Å². The van der Waals surface area contributed by atoms with E-state index in [0.29, 0.717) is 11.7 Å². The van der Waals surface area contributed by atoms with Gasteiger partial charge in [0, 0.05) is 15.7 Å². The largest absolute Gasteiger partial charge is 0.481 e.